The van der Waals surface area contributed by atoms with Gasteiger partial charge in [0.15, 0.2) is 0 Å². The average Bonchev–Trinajstić information content (AvgIpc) is 3.40. The molecule has 1 amide bonds. The highest BCUT2D eigenvalue weighted by Gasteiger charge is 2.48. The Balaban J connectivity index is 1.25. The first kappa shape index (κ1) is 22.5. The number of rotatable bonds is 4. The van der Waals surface area contributed by atoms with Gasteiger partial charge in [-0.15, -0.1) is 0 Å². The van der Waals surface area contributed by atoms with E-state index in [-0.39, 0.29) is 11.7 Å². The second-order valence-corrected chi connectivity index (χ2v) is 10.4. The van der Waals surface area contributed by atoms with Gasteiger partial charge >= 0.3 is 0 Å². The van der Waals surface area contributed by atoms with Gasteiger partial charge in [0, 0.05) is 17.0 Å². The van der Waals surface area contributed by atoms with Crippen LogP contribution in [0.15, 0.2) is 48.8 Å². The summed E-state index contributed by atoms with van der Waals surface area (Å²) in [5.41, 5.74) is 3.01. The van der Waals surface area contributed by atoms with Crippen molar-refractivity contribution in [3.63, 3.8) is 0 Å². The number of halogens is 1. The molecule has 3 aromatic rings. The van der Waals surface area contributed by atoms with E-state index >= 15 is 0 Å². The Morgan fingerprint density at radius 3 is 2.50 bits per heavy atom. The van der Waals surface area contributed by atoms with Gasteiger partial charge in [-0.1, -0.05) is 19.8 Å². The van der Waals surface area contributed by atoms with Crippen molar-refractivity contribution in [2.75, 3.05) is 5.32 Å². The van der Waals surface area contributed by atoms with Crippen molar-refractivity contribution in [3.8, 4) is 11.8 Å². The van der Waals surface area contributed by atoms with Crippen molar-refractivity contribution in [1.82, 2.24) is 9.97 Å². The summed E-state index contributed by atoms with van der Waals surface area (Å²) in [6.45, 7) is 5.90. The largest absolute Gasteiger partial charge is 0.324 e. The number of amides is 1. The van der Waals surface area contributed by atoms with Gasteiger partial charge in [0.05, 0.1) is 17.4 Å². The summed E-state index contributed by atoms with van der Waals surface area (Å²) in [4.78, 5) is 21.9. The zero-order valence-electron chi connectivity index (χ0n) is 19.9. The average molecular weight is 456 g/mol. The van der Waals surface area contributed by atoms with Crippen molar-refractivity contribution in [1.29, 1.82) is 0 Å². The number of benzene rings is 1. The molecule has 1 N–H and O–H groups in total. The van der Waals surface area contributed by atoms with E-state index in [9.17, 15) is 9.18 Å². The fourth-order valence-corrected chi connectivity index (χ4v) is 6.10. The molecule has 0 aliphatic heterocycles. The molecule has 0 radical (unpaired) electrons. The molecule has 2 aliphatic rings. The van der Waals surface area contributed by atoms with Crippen LogP contribution < -0.4 is 5.32 Å². The molecule has 0 unspecified atom stereocenters. The number of hydrogen-bond acceptors (Lipinski definition) is 3. The number of carbonyl (C=O) groups excluding carboxylic acids is 1. The van der Waals surface area contributed by atoms with Crippen LogP contribution in [0.25, 0.3) is 10.9 Å². The van der Waals surface area contributed by atoms with Gasteiger partial charge in [0.25, 0.3) is 0 Å². The summed E-state index contributed by atoms with van der Waals surface area (Å²) in [6, 6.07) is 10.6. The van der Waals surface area contributed by atoms with Crippen molar-refractivity contribution in [2.24, 2.45) is 23.2 Å². The first-order valence-corrected chi connectivity index (χ1v) is 12.1. The maximum absolute atomic E-state index is 13.9. The minimum atomic E-state index is -0.464. The molecule has 5 heteroatoms. The molecule has 174 valence electrons. The molecular formula is C29H30FN3O. The Morgan fingerprint density at radius 2 is 1.82 bits per heavy atom. The number of nitrogens with one attached hydrogen (secondary N) is 1. The molecule has 0 bridgehead atoms. The molecule has 2 aromatic heterocycles. The standard InChI is InChI=1S/C29H30FN3O/c1-4-5-23-7-8-24(17-32-23)33-28(34)29(2,3)21-14-18-12-20(13-19(18)15-21)25-10-11-31-27-9-6-22(30)16-26(25)27/h6-11,16-21H,12-15H2,1-3H3,(H,33,34)/t18-,19+,20-,21+. The van der Waals surface area contributed by atoms with Crippen LogP contribution in [0.1, 0.15) is 63.6 Å². The second kappa shape index (κ2) is 8.83. The summed E-state index contributed by atoms with van der Waals surface area (Å²) >= 11 is 0. The van der Waals surface area contributed by atoms with Crippen molar-refractivity contribution < 1.29 is 9.18 Å². The highest BCUT2D eigenvalue weighted by Crippen LogP contribution is 2.56. The SMILES string of the molecule is CC#Cc1ccc(NC(=O)C(C)(C)[C@H]2C[C@H]3C[C@@H](c4ccnc5ccc(F)cc45)C[C@H]3C2)cn1. The van der Waals surface area contributed by atoms with Gasteiger partial charge < -0.3 is 5.32 Å². The van der Waals surface area contributed by atoms with Crippen molar-refractivity contribution in [2.45, 2.75) is 52.4 Å². The molecule has 34 heavy (non-hydrogen) atoms. The zero-order valence-corrected chi connectivity index (χ0v) is 19.9. The van der Waals surface area contributed by atoms with E-state index in [2.05, 4.69) is 47.0 Å². The lowest BCUT2D eigenvalue weighted by atomic mass is 9.75. The smallest absolute Gasteiger partial charge is 0.230 e. The lowest BCUT2D eigenvalue weighted by Gasteiger charge is -2.31. The van der Waals surface area contributed by atoms with Gasteiger partial charge in [-0.05, 0) is 104 Å². The van der Waals surface area contributed by atoms with E-state index in [1.807, 2.05) is 18.3 Å². The monoisotopic (exact) mass is 455 g/mol. The Labute approximate surface area is 200 Å². The number of carbonyl (C=O) groups is 1. The highest BCUT2D eigenvalue weighted by molar-refractivity contribution is 5.95. The van der Waals surface area contributed by atoms with Gasteiger partial charge in [-0.2, -0.15) is 0 Å². The fraction of sp³-hybridized carbons (Fsp3) is 0.414. The Bertz CT molecular complexity index is 1270. The normalized spacial score (nSPS) is 23.9. The number of aromatic nitrogens is 2. The topological polar surface area (TPSA) is 54.9 Å². The number of nitrogens with zero attached hydrogens (tertiary/aromatic N) is 2. The van der Waals surface area contributed by atoms with E-state index in [1.54, 1.807) is 25.3 Å². The van der Waals surface area contributed by atoms with E-state index in [4.69, 9.17) is 0 Å². The van der Waals surface area contributed by atoms with Crippen LogP contribution in [-0.2, 0) is 4.79 Å². The minimum absolute atomic E-state index is 0.0424. The predicted octanol–water partition coefficient (Wildman–Crippen LogP) is 6.33. The van der Waals surface area contributed by atoms with Gasteiger partial charge in [0.1, 0.15) is 11.5 Å². The molecule has 0 saturated heterocycles. The molecule has 2 saturated carbocycles. The number of fused-ring (bicyclic) bond motifs is 2. The molecule has 4 atom stereocenters. The van der Waals surface area contributed by atoms with Gasteiger partial charge in [-0.3, -0.25) is 9.78 Å². The number of anilines is 1. The highest BCUT2D eigenvalue weighted by atomic mass is 19.1. The molecule has 4 nitrogen and oxygen atoms in total. The molecule has 1 aromatic carbocycles. The van der Waals surface area contributed by atoms with Crippen LogP contribution in [0.2, 0.25) is 0 Å². The maximum Gasteiger partial charge on any atom is 0.230 e. The van der Waals surface area contributed by atoms with Crippen LogP contribution in [0.4, 0.5) is 10.1 Å². The summed E-state index contributed by atoms with van der Waals surface area (Å²) < 4.78 is 13.9. The maximum atomic E-state index is 13.9. The van der Waals surface area contributed by atoms with E-state index in [1.165, 1.54) is 11.6 Å². The first-order valence-electron chi connectivity index (χ1n) is 12.1. The summed E-state index contributed by atoms with van der Waals surface area (Å²) in [5.74, 6) is 7.55. The molecular weight excluding hydrogens is 425 g/mol. The quantitative estimate of drug-likeness (QED) is 0.468. The third-order valence-electron chi connectivity index (χ3n) is 8.07. The third kappa shape index (κ3) is 4.18. The molecule has 0 spiro atoms. The second-order valence-electron chi connectivity index (χ2n) is 10.4. The summed E-state index contributed by atoms with van der Waals surface area (Å²) in [7, 11) is 0. The van der Waals surface area contributed by atoms with Crippen molar-refractivity contribution >= 4 is 22.5 Å². The summed E-state index contributed by atoms with van der Waals surface area (Å²) in [5, 5.41) is 4.00. The molecule has 2 heterocycles. The van der Waals surface area contributed by atoms with Gasteiger partial charge in [-0.25, -0.2) is 9.37 Å². The van der Waals surface area contributed by atoms with Crippen LogP contribution in [0.3, 0.4) is 0 Å². The van der Waals surface area contributed by atoms with Crippen LogP contribution >= 0.6 is 0 Å². The van der Waals surface area contributed by atoms with E-state index < -0.39 is 5.41 Å². The molecule has 2 aliphatic carbocycles. The summed E-state index contributed by atoms with van der Waals surface area (Å²) in [6.07, 6.45) is 7.82. The molecule has 5 rings (SSSR count). The van der Waals surface area contributed by atoms with Crippen LogP contribution in [-0.4, -0.2) is 15.9 Å². The third-order valence-corrected chi connectivity index (χ3v) is 8.07. The number of hydrogen-bond donors (Lipinski definition) is 1. The van der Waals surface area contributed by atoms with E-state index in [0.717, 1.165) is 36.6 Å². The van der Waals surface area contributed by atoms with E-state index in [0.29, 0.717) is 35.1 Å². The van der Waals surface area contributed by atoms with Crippen LogP contribution in [0.5, 0.6) is 0 Å². The first-order chi connectivity index (χ1) is 16.3. The fourth-order valence-electron chi connectivity index (χ4n) is 6.10. The molecule has 2 fully saturated rings. The number of pyridine rings is 2. The van der Waals surface area contributed by atoms with Gasteiger partial charge in [0.2, 0.25) is 5.91 Å². The lowest BCUT2D eigenvalue weighted by Crippen LogP contribution is -2.37. The Hall–Kier alpha value is -3.26. The Kier molecular flexibility index (Phi) is 5.85. The van der Waals surface area contributed by atoms with Crippen molar-refractivity contribution in [3.05, 3.63) is 65.9 Å². The minimum Gasteiger partial charge on any atom is -0.324 e. The Morgan fingerprint density at radius 1 is 1.06 bits per heavy atom. The lowest BCUT2D eigenvalue weighted by molar-refractivity contribution is -0.126. The van der Waals surface area contributed by atoms with Crippen LogP contribution in [0, 0.1) is 40.8 Å². The zero-order chi connectivity index (χ0) is 23.9. The predicted molar refractivity (Wildman–Crippen MR) is 133 cm³/mol.